The molecule has 1 spiro atoms. The van der Waals surface area contributed by atoms with Crippen LogP contribution in [0.4, 0.5) is 0 Å². The zero-order valence-electron chi connectivity index (χ0n) is 12.7. The molecule has 20 heavy (non-hydrogen) atoms. The molecular formula is C13H26N2O4S. The first kappa shape index (κ1) is 16.2. The molecule has 0 bridgehead atoms. The third-order valence-electron chi connectivity index (χ3n) is 4.36. The maximum absolute atomic E-state index is 12.1. The summed E-state index contributed by atoms with van der Waals surface area (Å²) in [5, 5.41) is 0. The second-order valence-electron chi connectivity index (χ2n) is 5.99. The summed E-state index contributed by atoms with van der Waals surface area (Å²) in [7, 11) is -0.113. The summed E-state index contributed by atoms with van der Waals surface area (Å²) in [4.78, 5) is 0. The van der Waals surface area contributed by atoms with E-state index in [1.807, 2.05) is 6.92 Å². The number of hydrogen-bond acceptors (Lipinski definition) is 4. The van der Waals surface area contributed by atoms with Gasteiger partial charge >= 0.3 is 0 Å². The molecule has 0 saturated carbocycles. The second kappa shape index (κ2) is 6.27. The highest BCUT2D eigenvalue weighted by atomic mass is 32.2. The van der Waals surface area contributed by atoms with Crippen molar-refractivity contribution in [3.05, 3.63) is 0 Å². The number of ether oxygens (including phenoxy) is 2. The summed E-state index contributed by atoms with van der Waals surface area (Å²) in [6.45, 7) is 5.26. The highest BCUT2D eigenvalue weighted by Gasteiger charge is 2.44. The minimum absolute atomic E-state index is 0.153. The normalized spacial score (nSPS) is 27.5. The fourth-order valence-corrected chi connectivity index (χ4v) is 4.13. The van der Waals surface area contributed by atoms with Crippen molar-refractivity contribution in [3.63, 3.8) is 0 Å². The summed E-state index contributed by atoms with van der Waals surface area (Å²) in [5.41, 5.74) is 0.153. The van der Waals surface area contributed by atoms with Gasteiger partial charge in [-0.05, 0) is 31.6 Å². The highest BCUT2D eigenvalue weighted by molar-refractivity contribution is 7.86. The van der Waals surface area contributed by atoms with Crippen molar-refractivity contribution < 1.29 is 17.9 Å². The molecule has 2 saturated heterocycles. The van der Waals surface area contributed by atoms with Gasteiger partial charge in [0.25, 0.3) is 10.2 Å². The Labute approximate surface area is 122 Å². The van der Waals surface area contributed by atoms with Crippen LogP contribution in [0.25, 0.3) is 0 Å². The predicted molar refractivity (Wildman–Crippen MR) is 76.7 cm³/mol. The van der Waals surface area contributed by atoms with Crippen LogP contribution in [-0.4, -0.2) is 70.1 Å². The van der Waals surface area contributed by atoms with Gasteiger partial charge in [-0.15, -0.1) is 0 Å². The Hall–Kier alpha value is -0.210. The standard InChI is InChI=1S/C13H26N2O4S/c1-4-18-10-12-9-13(11-19-12)5-7-15(8-6-13)20(16,17)14(2)3/h12H,4-11H2,1-3H3/t12-/m1/s1. The van der Waals surface area contributed by atoms with Crippen molar-refractivity contribution in [1.82, 2.24) is 8.61 Å². The molecule has 2 aliphatic rings. The van der Waals surface area contributed by atoms with Crippen LogP contribution in [-0.2, 0) is 19.7 Å². The van der Waals surface area contributed by atoms with Gasteiger partial charge in [0.1, 0.15) is 0 Å². The average Bonchev–Trinajstić information content (AvgIpc) is 2.80. The van der Waals surface area contributed by atoms with E-state index < -0.39 is 10.2 Å². The van der Waals surface area contributed by atoms with Crippen LogP contribution in [0, 0.1) is 5.41 Å². The van der Waals surface area contributed by atoms with Crippen LogP contribution in [0.1, 0.15) is 26.2 Å². The summed E-state index contributed by atoms with van der Waals surface area (Å²) in [5.74, 6) is 0. The summed E-state index contributed by atoms with van der Waals surface area (Å²) in [6.07, 6.45) is 2.92. The fraction of sp³-hybridized carbons (Fsp3) is 1.00. The quantitative estimate of drug-likeness (QED) is 0.750. The molecule has 118 valence electrons. The van der Waals surface area contributed by atoms with Crippen LogP contribution in [0.3, 0.4) is 0 Å². The zero-order valence-corrected chi connectivity index (χ0v) is 13.5. The molecular weight excluding hydrogens is 280 g/mol. The molecule has 0 aliphatic carbocycles. The monoisotopic (exact) mass is 306 g/mol. The van der Waals surface area contributed by atoms with E-state index in [4.69, 9.17) is 9.47 Å². The molecule has 1 atom stereocenters. The van der Waals surface area contributed by atoms with Crippen molar-refractivity contribution in [3.8, 4) is 0 Å². The Morgan fingerprint density at radius 2 is 2.00 bits per heavy atom. The molecule has 2 heterocycles. The van der Waals surface area contributed by atoms with Crippen LogP contribution >= 0.6 is 0 Å². The molecule has 0 amide bonds. The molecule has 6 nitrogen and oxygen atoms in total. The molecule has 0 aromatic heterocycles. The number of hydrogen-bond donors (Lipinski definition) is 0. The maximum Gasteiger partial charge on any atom is 0.281 e. The molecule has 0 radical (unpaired) electrons. The molecule has 0 aromatic rings. The third kappa shape index (κ3) is 3.33. The minimum atomic E-state index is -3.27. The molecule has 2 fully saturated rings. The first-order valence-electron chi connectivity index (χ1n) is 7.26. The van der Waals surface area contributed by atoms with Crippen molar-refractivity contribution >= 4 is 10.2 Å². The van der Waals surface area contributed by atoms with Crippen molar-refractivity contribution in [2.24, 2.45) is 5.41 Å². The van der Waals surface area contributed by atoms with Crippen LogP contribution in [0.2, 0.25) is 0 Å². The van der Waals surface area contributed by atoms with E-state index in [-0.39, 0.29) is 11.5 Å². The lowest BCUT2D eigenvalue weighted by Gasteiger charge is -2.38. The van der Waals surface area contributed by atoms with Gasteiger partial charge in [0.15, 0.2) is 0 Å². The van der Waals surface area contributed by atoms with Gasteiger partial charge in [-0.3, -0.25) is 0 Å². The number of rotatable bonds is 5. The van der Waals surface area contributed by atoms with Crippen molar-refractivity contribution in [2.75, 3.05) is 47.0 Å². The third-order valence-corrected chi connectivity index (χ3v) is 6.31. The van der Waals surface area contributed by atoms with E-state index in [9.17, 15) is 8.42 Å². The smallest absolute Gasteiger partial charge is 0.281 e. The number of piperidine rings is 1. The maximum atomic E-state index is 12.1. The lowest BCUT2D eigenvalue weighted by Crippen LogP contribution is -2.47. The minimum Gasteiger partial charge on any atom is -0.379 e. The fourth-order valence-electron chi connectivity index (χ4n) is 3.02. The van der Waals surface area contributed by atoms with Gasteiger partial charge < -0.3 is 9.47 Å². The van der Waals surface area contributed by atoms with Gasteiger partial charge in [-0.25, -0.2) is 0 Å². The van der Waals surface area contributed by atoms with Crippen LogP contribution < -0.4 is 0 Å². The molecule has 7 heteroatoms. The summed E-state index contributed by atoms with van der Waals surface area (Å²) in [6, 6.07) is 0. The molecule has 0 N–H and O–H groups in total. The first-order chi connectivity index (χ1) is 9.39. The van der Waals surface area contributed by atoms with E-state index in [2.05, 4.69) is 0 Å². The molecule has 0 aromatic carbocycles. The SMILES string of the molecule is CCOC[C@H]1CC2(CCN(S(=O)(=O)N(C)C)CC2)CO1. The van der Waals surface area contributed by atoms with Gasteiger partial charge in [-0.1, -0.05) is 0 Å². The lowest BCUT2D eigenvalue weighted by molar-refractivity contribution is 0.0172. The Kier molecular flexibility index (Phi) is 5.07. The van der Waals surface area contributed by atoms with Gasteiger partial charge in [0.2, 0.25) is 0 Å². The van der Waals surface area contributed by atoms with E-state index >= 15 is 0 Å². The van der Waals surface area contributed by atoms with E-state index in [1.54, 1.807) is 18.4 Å². The molecule has 0 unspecified atom stereocenters. The van der Waals surface area contributed by atoms with Crippen molar-refractivity contribution in [1.29, 1.82) is 0 Å². The Morgan fingerprint density at radius 3 is 2.55 bits per heavy atom. The molecule has 2 rings (SSSR count). The first-order valence-corrected chi connectivity index (χ1v) is 8.66. The second-order valence-corrected chi connectivity index (χ2v) is 8.13. The Balaban J connectivity index is 1.89. The van der Waals surface area contributed by atoms with Crippen molar-refractivity contribution in [2.45, 2.75) is 32.3 Å². The topological polar surface area (TPSA) is 59.1 Å². The highest BCUT2D eigenvalue weighted by Crippen LogP contribution is 2.42. The van der Waals surface area contributed by atoms with Gasteiger partial charge in [0, 0.05) is 33.8 Å². The number of nitrogens with zero attached hydrogens (tertiary/aromatic N) is 2. The van der Waals surface area contributed by atoms with E-state index in [1.165, 1.54) is 4.31 Å². The van der Waals surface area contributed by atoms with E-state index in [0.717, 1.165) is 25.9 Å². The Bertz CT molecular complexity index is 416. The van der Waals surface area contributed by atoms with Crippen LogP contribution in [0.5, 0.6) is 0 Å². The van der Waals surface area contributed by atoms with Gasteiger partial charge in [-0.2, -0.15) is 17.0 Å². The zero-order chi connectivity index (χ0) is 14.8. The summed E-state index contributed by atoms with van der Waals surface area (Å²) < 4.78 is 38.3. The van der Waals surface area contributed by atoms with E-state index in [0.29, 0.717) is 26.3 Å². The largest absolute Gasteiger partial charge is 0.379 e. The molecule has 2 aliphatic heterocycles. The predicted octanol–water partition coefficient (Wildman–Crippen LogP) is 0.700. The van der Waals surface area contributed by atoms with Crippen LogP contribution in [0.15, 0.2) is 0 Å². The lowest BCUT2D eigenvalue weighted by atomic mass is 9.77. The van der Waals surface area contributed by atoms with Gasteiger partial charge in [0.05, 0.1) is 19.3 Å². The summed E-state index contributed by atoms with van der Waals surface area (Å²) >= 11 is 0. The average molecular weight is 306 g/mol. The Morgan fingerprint density at radius 1 is 1.35 bits per heavy atom.